The lowest BCUT2D eigenvalue weighted by molar-refractivity contribution is -0.138. The average Bonchev–Trinajstić information content (AvgIpc) is 3.40. The van der Waals surface area contributed by atoms with Crippen molar-refractivity contribution in [2.75, 3.05) is 32.5 Å². The molecule has 5 amide bonds. The van der Waals surface area contributed by atoms with Gasteiger partial charge in [0.25, 0.3) is 0 Å². The molecule has 0 spiro atoms. The number of nitrogens with zero attached hydrogens (tertiary/aromatic N) is 1. The summed E-state index contributed by atoms with van der Waals surface area (Å²) >= 11 is 0. The van der Waals surface area contributed by atoms with Crippen LogP contribution in [-0.2, 0) is 30.5 Å². The largest absolute Gasteiger partial charge is 0.356 e. The molecular formula is C25H36N6O5. The van der Waals surface area contributed by atoms with E-state index in [1.807, 2.05) is 6.07 Å². The van der Waals surface area contributed by atoms with Crippen LogP contribution < -0.4 is 26.6 Å². The molecule has 1 aliphatic rings. The molecule has 1 saturated heterocycles. The lowest BCUT2D eigenvalue weighted by Gasteiger charge is -2.24. The van der Waals surface area contributed by atoms with Crippen LogP contribution >= 0.6 is 0 Å². The summed E-state index contributed by atoms with van der Waals surface area (Å²) < 4.78 is 0. The fourth-order valence-corrected chi connectivity index (χ4v) is 3.25. The van der Waals surface area contributed by atoms with E-state index < -0.39 is 12.1 Å². The second-order valence-corrected chi connectivity index (χ2v) is 7.90. The third-order valence-corrected chi connectivity index (χ3v) is 5.39. The van der Waals surface area contributed by atoms with Crippen LogP contribution in [0.5, 0.6) is 0 Å². The highest BCUT2D eigenvalue weighted by Crippen LogP contribution is 2.18. The van der Waals surface area contributed by atoms with Crippen LogP contribution in [0.3, 0.4) is 0 Å². The number of anilines is 1. The van der Waals surface area contributed by atoms with Gasteiger partial charge in [-0.2, -0.15) is 0 Å². The number of carbonyl (C=O) groups excluding carboxylic acids is 5. The van der Waals surface area contributed by atoms with Crippen LogP contribution in [0.2, 0.25) is 0 Å². The topological polar surface area (TPSA) is 149 Å². The number of rotatable bonds is 10. The molecule has 0 radical (unpaired) electrons. The summed E-state index contributed by atoms with van der Waals surface area (Å²) in [7, 11) is 3.22. The van der Waals surface area contributed by atoms with Crippen LogP contribution in [0.4, 0.5) is 5.69 Å². The number of amides is 5. The predicted octanol–water partition coefficient (Wildman–Crippen LogP) is 0.0608. The summed E-state index contributed by atoms with van der Waals surface area (Å²) in [5.74, 6) is -1.24. The Morgan fingerprint density at radius 3 is 2.36 bits per heavy atom. The van der Waals surface area contributed by atoms with E-state index >= 15 is 0 Å². The van der Waals surface area contributed by atoms with Gasteiger partial charge in [-0.05, 0) is 56.7 Å². The zero-order valence-corrected chi connectivity index (χ0v) is 21.1. The van der Waals surface area contributed by atoms with Gasteiger partial charge >= 0.3 is 0 Å². The molecule has 1 aliphatic heterocycles. The van der Waals surface area contributed by atoms with Crippen LogP contribution in [0.25, 0.3) is 0 Å². The molecule has 196 valence electrons. The molecule has 11 heteroatoms. The van der Waals surface area contributed by atoms with Crippen molar-refractivity contribution in [2.45, 2.75) is 38.4 Å². The quantitative estimate of drug-likeness (QED) is 0.287. The number of hydrogen-bond acceptors (Lipinski definition) is 6. The second-order valence-electron chi connectivity index (χ2n) is 7.90. The maximum absolute atomic E-state index is 12.6. The normalized spacial score (nSPS) is 14.9. The Kier molecular flexibility index (Phi) is 13.2. The first kappa shape index (κ1) is 30.0. The predicted molar refractivity (Wildman–Crippen MR) is 138 cm³/mol. The fourth-order valence-electron chi connectivity index (χ4n) is 3.25. The molecule has 1 fully saturated rings. The van der Waals surface area contributed by atoms with E-state index in [0.717, 1.165) is 12.0 Å². The number of likely N-dealkylation sites (tertiary alicyclic amines) is 1. The van der Waals surface area contributed by atoms with Gasteiger partial charge in [-0.3, -0.25) is 24.0 Å². The molecule has 0 aliphatic carbocycles. The molecule has 0 saturated carbocycles. The van der Waals surface area contributed by atoms with E-state index in [4.69, 9.17) is 0 Å². The number of benzene rings is 1. The molecule has 11 nitrogen and oxygen atoms in total. The molecule has 2 atom stereocenters. The molecule has 1 heterocycles. The van der Waals surface area contributed by atoms with Crippen LogP contribution in [-0.4, -0.2) is 73.7 Å². The van der Waals surface area contributed by atoms with Gasteiger partial charge in [0.1, 0.15) is 6.04 Å². The van der Waals surface area contributed by atoms with Gasteiger partial charge in [0.15, 0.2) is 0 Å². The Bertz CT molecular complexity index is 964. The first-order valence-corrected chi connectivity index (χ1v) is 11.5. The summed E-state index contributed by atoms with van der Waals surface area (Å²) in [5, 5.41) is 13.3. The van der Waals surface area contributed by atoms with Crippen LogP contribution in [0.15, 0.2) is 49.6 Å². The van der Waals surface area contributed by atoms with Crippen LogP contribution in [0, 0.1) is 0 Å². The van der Waals surface area contributed by atoms with Gasteiger partial charge in [-0.1, -0.05) is 25.3 Å². The van der Waals surface area contributed by atoms with Gasteiger partial charge in [-0.15, -0.1) is 0 Å². The highest BCUT2D eigenvalue weighted by Gasteiger charge is 2.33. The van der Waals surface area contributed by atoms with E-state index in [-0.39, 0.29) is 42.6 Å². The Morgan fingerprint density at radius 1 is 1.08 bits per heavy atom. The van der Waals surface area contributed by atoms with E-state index in [9.17, 15) is 24.0 Å². The molecule has 1 aromatic rings. The average molecular weight is 501 g/mol. The number of nitrogens with one attached hydrogen (secondary N) is 5. The van der Waals surface area contributed by atoms with E-state index in [0.29, 0.717) is 18.7 Å². The molecule has 5 N–H and O–H groups in total. The van der Waals surface area contributed by atoms with Gasteiger partial charge in [0.2, 0.25) is 29.5 Å². The molecular weight excluding hydrogens is 464 g/mol. The minimum atomic E-state index is -0.556. The van der Waals surface area contributed by atoms with Crippen molar-refractivity contribution < 1.29 is 24.0 Å². The molecule has 36 heavy (non-hydrogen) atoms. The van der Waals surface area contributed by atoms with Crippen molar-refractivity contribution in [3.63, 3.8) is 0 Å². The van der Waals surface area contributed by atoms with Crippen molar-refractivity contribution in [3.05, 3.63) is 55.1 Å². The summed E-state index contributed by atoms with van der Waals surface area (Å²) in [6.45, 7) is 8.94. The third kappa shape index (κ3) is 10.1. The Hall–Kier alpha value is -3.99. The highest BCUT2D eigenvalue weighted by molar-refractivity contribution is 5.98. The summed E-state index contributed by atoms with van der Waals surface area (Å²) in [4.78, 5) is 59.8. The minimum Gasteiger partial charge on any atom is -0.356 e. The highest BCUT2D eigenvalue weighted by atomic mass is 16.2. The number of carbonyl (C=O) groups is 5. The Morgan fingerprint density at radius 2 is 1.78 bits per heavy atom. The van der Waals surface area contributed by atoms with Gasteiger partial charge < -0.3 is 31.5 Å². The Balaban J connectivity index is 0.000000960. The number of likely N-dealkylation sites (N-methyl/N-ethyl adjacent to an activating group) is 2. The minimum absolute atomic E-state index is 0.139. The maximum Gasteiger partial charge on any atom is 0.247 e. The molecule has 1 aromatic carbocycles. The second kappa shape index (κ2) is 15.8. The van der Waals surface area contributed by atoms with Crippen molar-refractivity contribution in [1.29, 1.82) is 0 Å². The zero-order chi connectivity index (χ0) is 27.1. The standard InChI is InChI=1S/C21H29N5O4.C4H7NO/c1-4-18(27)25-16-8-5-7-15(11-16)12-23-21(30)17-9-6-10-26(17)19(28)13-24-20(29)14(2)22-3;1-3-4(6)5-2/h4-5,7-8,11,14,17,22H,1,6,9-10,12-13H2,2-3H3,(H,23,30)(H,24,29)(H,25,27);3H,1H2,2H3,(H,5,6)/t14?,17-;/m0./s1. The Labute approximate surface area is 211 Å². The lowest BCUT2D eigenvalue weighted by Crippen LogP contribution is -2.50. The SMILES string of the molecule is C=CC(=O)NC.C=CC(=O)Nc1cccc(CNC(=O)[C@@H]2CCCN2C(=O)CNC(=O)C(C)NC)c1. The van der Waals surface area contributed by atoms with Crippen molar-refractivity contribution >= 4 is 35.2 Å². The van der Waals surface area contributed by atoms with Gasteiger partial charge in [0, 0.05) is 25.8 Å². The third-order valence-electron chi connectivity index (χ3n) is 5.39. The maximum atomic E-state index is 12.6. The van der Waals surface area contributed by atoms with Crippen LogP contribution in [0.1, 0.15) is 25.3 Å². The summed E-state index contributed by atoms with van der Waals surface area (Å²) in [6, 6.07) is 6.16. The van der Waals surface area contributed by atoms with Crippen molar-refractivity contribution in [1.82, 2.24) is 26.2 Å². The summed E-state index contributed by atoms with van der Waals surface area (Å²) in [5.41, 5.74) is 1.42. The van der Waals surface area contributed by atoms with E-state index in [1.54, 1.807) is 39.2 Å². The van der Waals surface area contributed by atoms with Crippen molar-refractivity contribution in [3.8, 4) is 0 Å². The fraction of sp³-hybridized carbons (Fsp3) is 0.400. The first-order valence-electron chi connectivity index (χ1n) is 11.5. The van der Waals surface area contributed by atoms with E-state index in [2.05, 4.69) is 39.7 Å². The molecule has 0 aromatic heterocycles. The lowest BCUT2D eigenvalue weighted by atomic mass is 10.1. The van der Waals surface area contributed by atoms with Crippen molar-refractivity contribution in [2.24, 2.45) is 0 Å². The zero-order valence-electron chi connectivity index (χ0n) is 21.1. The first-order chi connectivity index (χ1) is 17.2. The van der Waals surface area contributed by atoms with E-state index in [1.165, 1.54) is 17.1 Å². The van der Waals surface area contributed by atoms with Gasteiger partial charge in [-0.25, -0.2) is 0 Å². The molecule has 1 unspecified atom stereocenters. The monoisotopic (exact) mass is 500 g/mol. The summed E-state index contributed by atoms with van der Waals surface area (Å²) in [6.07, 6.45) is 3.71. The van der Waals surface area contributed by atoms with Gasteiger partial charge in [0.05, 0.1) is 12.6 Å². The molecule has 0 bridgehead atoms. The molecule has 2 rings (SSSR count). The number of hydrogen-bond donors (Lipinski definition) is 5. The smallest absolute Gasteiger partial charge is 0.247 e.